The average Bonchev–Trinajstić information content (AvgIpc) is 2.95. The predicted molar refractivity (Wildman–Crippen MR) is 166 cm³/mol. The molecule has 3 aromatic rings. The smallest absolute Gasteiger partial charge is 0.264 e. The highest BCUT2D eigenvalue weighted by Crippen LogP contribution is 2.27. The Hall–Kier alpha value is -3.36. The quantitative estimate of drug-likeness (QED) is 0.265. The molecule has 3 aromatic carbocycles. The summed E-state index contributed by atoms with van der Waals surface area (Å²) < 4.78 is 29.1. The highest BCUT2D eigenvalue weighted by Gasteiger charge is 2.32. The van der Waals surface area contributed by atoms with Crippen molar-refractivity contribution in [2.45, 2.75) is 77.4 Å². The van der Waals surface area contributed by atoms with E-state index in [0.717, 1.165) is 27.4 Å². The number of nitrogens with one attached hydrogen (secondary N) is 1. The topological polar surface area (TPSA) is 86.8 Å². The number of nitrogens with zero attached hydrogens (tertiary/aromatic N) is 2. The van der Waals surface area contributed by atoms with Gasteiger partial charge in [0.25, 0.3) is 10.0 Å². The maximum absolute atomic E-state index is 14.0. The van der Waals surface area contributed by atoms with E-state index in [0.29, 0.717) is 10.7 Å². The van der Waals surface area contributed by atoms with Crippen LogP contribution in [0.2, 0.25) is 5.02 Å². The molecule has 41 heavy (non-hydrogen) atoms. The Morgan fingerprint density at radius 1 is 0.878 bits per heavy atom. The van der Waals surface area contributed by atoms with Crippen molar-refractivity contribution in [3.05, 3.63) is 94.5 Å². The Bertz CT molecular complexity index is 1420. The molecule has 1 N–H and O–H groups in total. The highest BCUT2D eigenvalue weighted by molar-refractivity contribution is 7.92. The van der Waals surface area contributed by atoms with Crippen molar-refractivity contribution in [1.29, 1.82) is 0 Å². The number of anilines is 1. The lowest BCUT2D eigenvalue weighted by Crippen LogP contribution is -2.52. The zero-order valence-electron chi connectivity index (χ0n) is 24.6. The molecule has 220 valence electrons. The van der Waals surface area contributed by atoms with Crippen molar-refractivity contribution in [2.75, 3.05) is 10.8 Å². The van der Waals surface area contributed by atoms with Crippen LogP contribution in [-0.4, -0.2) is 43.8 Å². The van der Waals surface area contributed by atoms with E-state index in [1.165, 1.54) is 17.0 Å². The summed E-state index contributed by atoms with van der Waals surface area (Å²) in [5, 5.41) is 3.49. The number of rotatable bonds is 12. The Morgan fingerprint density at radius 2 is 1.46 bits per heavy atom. The number of halogens is 1. The van der Waals surface area contributed by atoms with Crippen LogP contribution in [-0.2, 0) is 26.2 Å². The molecule has 0 fully saturated rings. The molecule has 0 saturated heterocycles. The fraction of sp³-hybridized carbons (Fsp3) is 0.375. The third-order valence-corrected chi connectivity index (χ3v) is 9.21. The van der Waals surface area contributed by atoms with Gasteiger partial charge in [-0.2, -0.15) is 0 Å². The van der Waals surface area contributed by atoms with Crippen molar-refractivity contribution in [3.63, 3.8) is 0 Å². The first-order valence-electron chi connectivity index (χ1n) is 13.9. The number of hydrogen-bond donors (Lipinski definition) is 1. The fourth-order valence-corrected chi connectivity index (χ4v) is 5.77. The van der Waals surface area contributed by atoms with Gasteiger partial charge in [0.2, 0.25) is 11.8 Å². The minimum atomic E-state index is -4.11. The van der Waals surface area contributed by atoms with Crippen LogP contribution in [0.25, 0.3) is 0 Å². The molecule has 0 aromatic heterocycles. The number of amides is 2. The zero-order valence-corrected chi connectivity index (χ0v) is 26.2. The molecule has 0 bridgehead atoms. The average molecular weight is 598 g/mol. The van der Waals surface area contributed by atoms with Gasteiger partial charge in [0.1, 0.15) is 12.6 Å². The summed E-state index contributed by atoms with van der Waals surface area (Å²) in [5.41, 5.74) is 3.10. The van der Waals surface area contributed by atoms with Crippen LogP contribution in [0.15, 0.2) is 77.7 Å². The SMILES string of the molecule is CC[C@H](C)NC(=O)[C@@H](C)N(Cc1ccc(Cl)cc1)C(=O)CN(c1ccc(C(C)C)cc1)S(=O)(=O)c1ccc(C)cc1. The molecule has 2 atom stereocenters. The minimum absolute atomic E-state index is 0.0738. The van der Waals surface area contributed by atoms with Crippen LogP contribution in [0, 0.1) is 6.92 Å². The van der Waals surface area contributed by atoms with Crippen LogP contribution in [0.5, 0.6) is 0 Å². The van der Waals surface area contributed by atoms with Crippen LogP contribution < -0.4 is 9.62 Å². The second-order valence-electron chi connectivity index (χ2n) is 10.7. The van der Waals surface area contributed by atoms with Gasteiger partial charge in [0.15, 0.2) is 0 Å². The molecule has 2 amide bonds. The number of aryl methyl sites for hydroxylation is 1. The fourth-order valence-electron chi connectivity index (χ4n) is 4.23. The number of hydrogen-bond acceptors (Lipinski definition) is 4. The van der Waals surface area contributed by atoms with Gasteiger partial charge < -0.3 is 10.2 Å². The summed E-state index contributed by atoms with van der Waals surface area (Å²) in [6, 6.07) is 19.8. The van der Waals surface area contributed by atoms with Crippen LogP contribution >= 0.6 is 11.6 Å². The van der Waals surface area contributed by atoms with Crippen LogP contribution in [0.3, 0.4) is 0 Å². The summed E-state index contributed by atoms with van der Waals surface area (Å²) in [7, 11) is -4.11. The summed E-state index contributed by atoms with van der Waals surface area (Å²) in [6.45, 7) is 11.1. The highest BCUT2D eigenvalue weighted by atomic mass is 35.5. The molecule has 0 aliphatic carbocycles. The van der Waals surface area contributed by atoms with E-state index in [1.54, 1.807) is 55.5 Å². The third kappa shape index (κ3) is 8.33. The van der Waals surface area contributed by atoms with Gasteiger partial charge in [-0.05, 0) is 80.6 Å². The molecular weight excluding hydrogens is 558 g/mol. The molecule has 0 spiro atoms. The van der Waals surface area contributed by atoms with E-state index < -0.39 is 28.5 Å². The summed E-state index contributed by atoms with van der Waals surface area (Å²) >= 11 is 6.06. The van der Waals surface area contributed by atoms with E-state index in [4.69, 9.17) is 11.6 Å². The molecule has 0 aliphatic heterocycles. The van der Waals surface area contributed by atoms with E-state index in [9.17, 15) is 18.0 Å². The second kappa shape index (κ2) is 14.0. The van der Waals surface area contributed by atoms with Gasteiger partial charge in [-0.3, -0.25) is 13.9 Å². The van der Waals surface area contributed by atoms with Gasteiger partial charge in [-0.15, -0.1) is 0 Å². The van der Waals surface area contributed by atoms with Crippen molar-refractivity contribution in [1.82, 2.24) is 10.2 Å². The molecule has 0 radical (unpaired) electrons. The Balaban J connectivity index is 2.03. The Morgan fingerprint density at radius 3 is 2.00 bits per heavy atom. The van der Waals surface area contributed by atoms with E-state index in [1.807, 2.05) is 32.9 Å². The van der Waals surface area contributed by atoms with Gasteiger partial charge in [0.05, 0.1) is 10.6 Å². The van der Waals surface area contributed by atoms with Gasteiger partial charge in [-0.25, -0.2) is 8.42 Å². The largest absolute Gasteiger partial charge is 0.352 e. The van der Waals surface area contributed by atoms with Gasteiger partial charge in [0, 0.05) is 17.6 Å². The predicted octanol–water partition coefficient (Wildman–Crippen LogP) is 6.30. The maximum Gasteiger partial charge on any atom is 0.264 e. The zero-order chi connectivity index (χ0) is 30.3. The third-order valence-electron chi connectivity index (χ3n) is 7.17. The lowest BCUT2D eigenvalue weighted by molar-refractivity contribution is -0.139. The van der Waals surface area contributed by atoms with Gasteiger partial charge >= 0.3 is 0 Å². The summed E-state index contributed by atoms with van der Waals surface area (Å²) in [6.07, 6.45) is 0.735. The standard InChI is InChI=1S/C32H40ClN3O4S/c1-7-24(5)34-32(38)25(6)35(20-26-10-14-28(33)15-11-26)31(37)21-36(29-16-12-27(13-17-29)22(2)3)41(39,40)30-18-8-23(4)9-19-30/h8-19,22,24-25H,7,20-21H2,1-6H3,(H,34,38)/t24-,25+/m0/s1. The van der Waals surface area contributed by atoms with Crippen molar-refractivity contribution >= 4 is 39.1 Å². The Kier molecular flexibility index (Phi) is 11.0. The summed E-state index contributed by atoms with van der Waals surface area (Å²) in [5.74, 6) is -0.557. The lowest BCUT2D eigenvalue weighted by Gasteiger charge is -2.32. The van der Waals surface area contributed by atoms with Crippen molar-refractivity contribution < 1.29 is 18.0 Å². The molecule has 9 heteroatoms. The first-order valence-corrected chi connectivity index (χ1v) is 15.7. The number of carbonyl (C=O) groups is 2. The molecule has 0 saturated carbocycles. The van der Waals surface area contributed by atoms with E-state index >= 15 is 0 Å². The minimum Gasteiger partial charge on any atom is -0.352 e. The van der Waals surface area contributed by atoms with Crippen LogP contribution in [0.1, 0.15) is 63.6 Å². The van der Waals surface area contributed by atoms with E-state index in [-0.39, 0.29) is 29.3 Å². The van der Waals surface area contributed by atoms with Crippen molar-refractivity contribution in [2.24, 2.45) is 0 Å². The molecule has 0 aliphatic rings. The van der Waals surface area contributed by atoms with Gasteiger partial charge in [-0.1, -0.05) is 74.3 Å². The maximum atomic E-state index is 14.0. The number of carbonyl (C=O) groups excluding carboxylic acids is 2. The molecule has 7 nitrogen and oxygen atoms in total. The molecular formula is C32H40ClN3O4S. The monoisotopic (exact) mass is 597 g/mol. The lowest BCUT2D eigenvalue weighted by atomic mass is 10.0. The first-order chi connectivity index (χ1) is 19.3. The normalized spacial score (nSPS) is 13.0. The van der Waals surface area contributed by atoms with Crippen molar-refractivity contribution in [3.8, 4) is 0 Å². The number of sulfonamides is 1. The number of benzene rings is 3. The Labute approximate surface area is 249 Å². The first kappa shape index (κ1) is 32.2. The van der Waals surface area contributed by atoms with Crippen LogP contribution in [0.4, 0.5) is 5.69 Å². The molecule has 3 rings (SSSR count). The molecule has 0 unspecified atom stereocenters. The second-order valence-corrected chi connectivity index (χ2v) is 13.0. The van der Waals surface area contributed by atoms with E-state index in [2.05, 4.69) is 19.2 Å². The summed E-state index contributed by atoms with van der Waals surface area (Å²) in [4.78, 5) is 28.7. The molecule has 0 heterocycles.